The quantitative estimate of drug-likeness (QED) is 0.730. The second-order valence-corrected chi connectivity index (χ2v) is 7.31. The molecule has 2 aromatic heterocycles. The molecule has 1 aromatic carbocycles. The Hall–Kier alpha value is -2.18. The number of nitrogens with one attached hydrogen (secondary N) is 1. The van der Waals surface area contributed by atoms with Gasteiger partial charge in [-0.15, -0.1) is 11.3 Å². The minimum absolute atomic E-state index is 0.00569. The van der Waals surface area contributed by atoms with E-state index in [1.807, 2.05) is 43.1 Å². The van der Waals surface area contributed by atoms with E-state index in [1.165, 1.54) is 0 Å². The number of thiophene rings is 1. The number of carbonyl (C=O) groups excluding carboxylic acids is 1. The van der Waals surface area contributed by atoms with E-state index < -0.39 is 0 Å². The first-order chi connectivity index (χ1) is 11.6. The molecular weight excluding hydrogens is 338 g/mol. The standard InChI is InChI=1S/C18H19N3OS2/c1-21(2)16-5-3-13(4-6-16)10-19-17(22)9-15-12-24-18(20-15)14-7-8-23-11-14/h3-8,11-12H,9-10H2,1-2H3,(H,19,22). The van der Waals surface area contributed by atoms with Crippen LogP contribution in [0.3, 0.4) is 0 Å². The van der Waals surface area contributed by atoms with Gasteiger partial charge < -0.3 is 10.2 Å². The van der Waals surface area contributed by atoms with Crippen molar-refractivity contribution >= 4 is 34.3 Å². The summed E-state index contributed by atoms with van der Waals surface area (Å²) in [6, 6.07) is 10.2. The lowest BCUT2D eigenvalue weighted by molar-refractivity contribution is -0.120. The van der Waals surface area contributed by atoms with Gasteiger partial charge in [0.15, 0.2) is 0 Å². The van der Waals surface area contributed by atoms with Gasteiger partial charge in [-0.25, -0.2) is 4.98 Å². The maximum absolute atomic E-state index is 12.1. The lowest BCUT2D eigenvalue weighted by Crippen LogP contribution is -2.24. The summed E-state index contributed by atoms with van der Waals surface area (Å²) in [5.41, 5.74) is 4.18. The number of nitrogens with zero attached hydrogens (tertiary/aromatic N) is 2. The van der Waals surface area contributed by atoms with Crippen LogP contribution in [0.25, 0.3) is 10.6 Å². The Labute approximate surface area is 149 Å². The van der Waals surface area contributed by atoms with Crippen LogP contribution >= 0.6 is 22.7 Å². The zero-order valence-corrected chi connectivity index (χ0v) is 15.3. The molecule has 1 amide bonds. The van der Waals surface area contributed by atoms with Gasteiger partial charge in [0.2, 0.25) is 5.91 Å². The Kier molecular flexibility index (Phi) is 5.27. The van der Waals surface area contributed by atoms with Crippen LogP contribution < -0.4 is 10.2 Å². The molecule has 0 saturated heterocycles. The van der Waals surface area contributed by atoms with Crippen molar-refractivity contribution < 1.29 is 4.79 Å². The van der Waals surface area contributed by atoms with Gasteiger partial charge in [-0.05, 0) is 29.1 Å². The average Bonchev–Trinajstić information content (AvgIpc) is 3.24. The van der Waals surface area contributed by atoms with Gasteiger partial charge in [0.25, 0.3) is 0 Å². The molecule has 0 atom stereocenters. The van der Waals surface area contributed by atoms with Crippen LogP contribution in [0.5, 0.6) is 0 Å². The third kappa shape index (κ3) is 4.21. The van der Waals surface area contributed by atoms with Crippen molar-refractivity contribution in [3.8, 4) is 10.6 Å². The predicted molar refractivity (Wildman–Crippen MR) is 102 cm³/mol. The summed E-state index contributed by atoms with van der Waals surface area (Å²) in [6.07, 6.45) is 0.316. The molecule has 3 rings (SSSR count). The summed E-state index contributed by atoms with van der Waals surface area (Å²) in [4.78, 5) is 18.7. The van der Waals surface area contributed by atoms with Crippen molar-refractivity contribution in [2.24, 2.45) is 0 Å². The smallest absolute Gasteiger partial charge is 0.226 e. The number of benzene rings is 1. The molecule has 0 aliphatic carbocycles. The van der Waals surface area contributed by atoms with Gasteiger partial charge in [-0.1, -0.05) is 12.1 Å². The fourth-order valence-corrected chi connectivity index (χ4v) is 3.78. The Morgan fingerprint density at radius 2 is 1.96 bits per heavy atom. The molecule has 24 heavy (non-hydrogen) atoms. The van der Waals surface area contributed by atoms with Crippen LogP contribution in [0, 0.1) is 0 Å². The molecule has 2 heterocycles. The molecule has 0 spiro atoms. The van der Waals surface area contributed by atoms with E-state index in [-0.39, 0.29) is 5.91 Å². The maximum Gasteiger partial charge on any atom is 0.226 e. The summed E-state index contributed by atoms with van der Waals surface area (Å²) in [5.74, 6) is -0.00569. The minimum atomic E-state index is -0.00569. The van der Waals surface area contributed by atoms with Crippen molar-refractivity contribution in [3.05, 3.63) is 57.7 Å². The van der Waals surface area contributed by atoms with Gasteiger partial charge in [0, 0.05) is 42.7 Å². The molecular formula is C18H19N3OS2. The number of anilines is 1. The van der Waals surface area contributed by atoms with E-state index >= 15 is 0 Å². The van der Waals surface area contributed by atoms with Crippen molar-refractivity contribution in [1.29, 1.82) is 0 Å². The van der Waals surface area contributed by atoms with E-state index in [9.17, 15) is 4.79 Å². The van der Waals surface area contributed by atoms with Gasteiger partial charge in [0.1, 0.15) is 5.01 Å². The second kappa shape index (κ2) is 7.59. The largest absolute Gasteiger partial charge is 0.378 e. The number of thiazole rings is 1. The van der Waals surface area contributed by atoms with Gasteiger partial charge in [0.05, 0.1) is 12.1 Å². The van der Waals surface area contributed by atoms with Crippen LogP contribution in [-0.2, 0) is 17.8 Å². The van der Waals surface area contributed by atoms with Crippen molar-refractivity contribution in [2.75, 3.05) is 19.0 Å². The predicted octanol–water partition coefficient (Wildman–Crippen LogP) is 3.80. The van der Waals surface area contributed by atoms with Gasteiger partial charge in [-0.2, -0.15) is 11.3 Å². The van der Waals surface area contributed by atoms with Crippen LogP contribution in [0.15, 0.2) is 46.5 Å². The number of rotatable bonds is 6. The molecule has 6 heteroatoms. The second-order valence-electron chi connectivity index (χ2n) is 5.67. The molecule has 0 radical (unpaired) electrons. The summed E-state index contributed by atoms with van der Waals surface area (Å²) >= 11 is 3.23. The highest BCUT2D eigenvalue weighted by atomic mass is 32.1. The molecule has 0 unspecified atom stereocenters. The van der Waals surface area contributed by atoms with Crippen LogP contribution in [0.2, 0.25) is 0 Å². The lowest BCUT2D eigenvalue weighted by atomic mass is 10.2. The third-order valence-corrected chi connectivity index (χ3v) is 5.23. The first-order valence-electron chi connectivity index (χ1n) is 7.62. The molecule has 1 N–H and O–H groups in total. The highest BCUT2D eigenvalue weighted by Crippen LogP contribution is 2.25. The van der Waals surface area contributed by atoms with Crippen molar-refractivity contribution in [2.45, 2.75) is 13.0 Å². The van der Waals surface area contributed by atoms with Crippen molar-refractivity contribution in [3.63, 3.8) is 0 Å². The fourth-order valence-electron chi connectivity index (χ4n) is 2.25. The van der Waals surface area contributed by atoms with Crippen molar-refractivity contribution in [1.82, 2.24) is 10.3 Å². The van der Waals surface area contributed by atoms with Crippen LogP contribution in [0.1, 0.15) is 11.3 Å². The SMILES string of the molecule is CN(C)c1ccc(CNC(=O)Cc2csc(-c3ccsc3)n2)cc1. The molecule has 4 nitrogen and oxygen atoms in total. The molecule has 0 saturated carbocycles. The Morgan fingerprint density at radius 1 is 1.17 bits per heavy atom. The zero-order chi connectivity index (χ0) is 16.9. The monoisotopic (exact) mass is 357 g/mol. The Balaban J connectivity index is 1.52. The fraction of sp³-hybridized carbons (Fsp3) is 0.222. The highest BCUT2D eigenvalue weighted by molar-refractivity contribution is 7.14. The minimum Gasteiger partial charge on any atom is -0.378 e. The number of hydrogen-bond acceptors (Lipinski definition) is 5. The number of carbonyl (C=O) groups is 1. The molecule has 0 fully saturated rings. The Morgan fingerprint density at radius 3 is 2.62 bits per heavy atom. The van der Waals surface area contributed by atoms with Crippen LogP contribution in [0.4, 0.5) is 5.69 Å². The summed E-state index contributed by atoms with van der Waals surface area (Å²) < 4.78 is 0. The normalized spacial score (nSPS) is 10.6. The van der Waals surface area contributed by atoms with E-state index in [2.05, 4.69) is 32.7 Å². The first-order valence-corrected chi connectivity index (χ1v) is 9.44. The average molecular weight is 358 g/mol. The zero-order valence-electron chi connectivity index (χ0n) is 13.7. The first kappa shape index (κ1) is 16.7. The number of amides is 1. The maximum atomic E-state index is 12.1. The van der Waals surface area contributed by atoms with E-state index in [1.54, 1.807) is 22.7 Å². The van der Waals surface area contributed by atoms with E-state index in [0.717, 1.165) is 27.5 Å². The Bertz CT molecular complexity index is 792. The van der Waals surface area contributed by atoms with Gasteiger partial charge >= 0.3 is 0 Å². The molecule has 124 valence electrons. The topological polar surface area (TPSA) is 45.2 Å². The summed E-state index contributed by atoms with van der Waals surface area (Å²) in [5, 5.41) is 9.98. The number of hydrogen-bond donors (Lipinski definition) is 1. The lowest BCUT2D eigenvalue weighted by Gasteiger charge is -2.12. The summed E-state index contributed by atoms with van der Waals surface area (Å²) in [6.45, 7) is 0.536. The molecule has 0 aliphatic heterocycles. The van der Waals surface area contributed by atoms with E-state index in [4.69, 9.17) is 0 Å². The van der Waals surface area contributed by atoms with Gasteiger partial charge in [-0.3, -0.25) is 4.79 Å². The molecule has 3 aromatic rings. The highest BCUT2D eigenvalue weighted by Gasteiger charge is 2.09. The number of aromatic nitrogens is 1. The molecule has 0 bridgehead atoms. The summed E-state index contributed by atoms with van der Waals surface area (Å²) in [7, 11) is 4.02. The third-order valence-electron chi connectivity index (χ3n) is 3.60. The molecule has 0 aliphatic rings. The van der Waals surface area contributed by atoms with E-state index in [0.29, 0.717) is 13.0 Å². The van der Waals surface area contributed by atoms with Crippen LogP contribution in [-0.4, -0.2) is 25.0 Å².